The van der Waals surface area contributed by atoms with Crippen LogP contribution in [0.15, 0.2) is 24.3 Å². The van der Waals surface area contributed by atoms with E-state index in [9.17, 15) is 0 Å². The van der Waals surface area contributed by atoms with Crippen molar-refractivity contribution in [3.05, 3.63) is 35.4 Å². The molecule has 2 N–H and O–H groups in total. The average molecular weight is 219 g/mol. The van der Waals surface area contributed by atoms with Crippen LogP contribution in [0, 0.1) is 0 Å². The third-order valence-electron chi connectivity index (χ3n) is 3.35. The van der Waals surface area contributed by atoms with Crippen molar-refractivity contribution in [1.82, 2.24) is 0 Å². The van der Waals surface area contributed by atoms with E-state index in [0.29, 0.717) is 5.92 Å². The van der Waals surface area contributed by atoms with E-state index in [1.54, 1.807) is 0 Å². The predicted octanol–water partition coefficient (Wildman–Crippen LogP) is 2.99. The van der Waals surface area contributed by atoms with Crippen LogP contribution < -0.4 is 5.73 Å². The van der Waals surface area contributed by atoms with Crippen LogP contribution in [0.5, 0.6) is 0 Å². The Balaban J connectivity index is 2.08. The van der Waals surface area contributed by atoms with Crippen molar-refractivity contribution in [1.29, 1.82) is 0 Å². The lowest BCUT2D eigenvalue weighted by molar-refractivity contribution is 0.0900. The van der Waals surface area contributed by atoms with Gasteiger partial charge in [-0.25, -0.2) is 0 Å². The van der Waals surface area contributed by atoms with Crippen molar-refractivity contribution in [3.63, 3.8) is 0 Å². The van der Waals surface area contributed by atoms with Gasteiger partial charge in [0.05, 0.1) is 12.1 Å². The van der Waals surface area contributed by atoms with Crippen molar-refractivity contribution in [3.8, 4) is 0 Å². The minimum atomic E-state index is 0.0312. The first-order valence-corrected chi connectivity index (χ1v) is 6.15. The minimum Gasteiger partial charge on any atom is -0.376 e. The van der Waals surface area contributed by atoms with Gasteiger partial charge in [0, 0.05) is 6.61 Å². The van der Waals surface area contributed by atoms with Crippen molar-refractivity contribution in [2.75, 3.05) is 6.61 Å². The summed E-state index contributed by atoms with van der Waals surface area (Å²) in [6.45, 7) is 5.27. The molecule has 1 aliphatic heterocycles. The molecule has 0 aromatic heterocycles. The van der Waals surface area contributed by atoms with Gasteiger partial charge in [-0.3, -0.25) is 0 Å². The largest absolute Gasteiger partial charge is 0.376 e. The highest BCUT2D eigenvalue weighted by Crippen LogP contribution is 2.26. The SMILES string of the molecule is CC(C)c1ccc(C(N)C2CCCO2)cc1. The van der Waals surface area contributed by atoms with Gasteiger partial charge in [-0.1, -0.05) is 38.1 Å². The second kappa shape index (κ2) is 4.98. The van der Waals surface area contributed by atoms with E-state index in [1.807, 2.05) is 0 Å². The molecule has 0 spiro atoms. The van der Waals surface area contributed by atoms with E-state index in [2.05, 4.69) is 38.1 Å². The van der Waals surface area contributed by atoms with E-state index in [1.165, 1.54) is 11.1 Å². The molecule has 2 unspecified atom stereocenters. The molecule has 16 heavy (non-hydrogen) atoms. The zero-order valence-electron chi connectivity index (χ0n) is 10.1. The normalized spacial score (nSPS) is 22.6. The molecular formula is C14H21NO. The standard InChI is InChI=1S/C14H21NO/c1-10(2)11-5-7-12(8-6-11)14(15)13-4-3-9-16-13/h5-8,10,13-14H,3-4,9,15H2,1-2H3. The fourth-order valence-corrected chi connectivity index (χ4v) is 2.20. The summed E-state index contributed by atoms with van der Waals surface area (Å²) in [6.07, 6.45) is 2.44. The smallest absolute Gasteiger partial charge is 0.0768 e. The maximum Gasteiger partial charge on any atom is 0.0768 e. The Kier molecular flexibility index (Phi) is 3.62. The van der Waals surface area contributed by atoms with Crippen molar-refractivity contribution >= 4 is 0 Å². The Hall–Kier alpha value is -0.860. The molecule has 0 saturated carbocycles. The summed E-state index contributed by atoms with van der Waals surface area (Å²) in [5, 5.41) is 0. The van der Waals surface area contributed by atoms with E-state index < -0.39 is 0 Å². The molecule has 1 aliphatic rings. The predicted molar refractivity (Wildman–Crippen MR) is 66.4 cm³/mol. The molecule has 2 heteroatoms. The monoisotopic (exact) mass is 219 g/mol. The fraction of sp³-hybridized carbons (Fsp3) is 0.571. The number of hydrogen-bond donors (Lipinski definition) is 1. The molecule has 1 aromatic rings. The summed E-state index contributed by atoms with van der Waals surface area (Å²) in [5.74, 6) is 0.577. The molecule has 1 saturated heterocycles. The van der Waals surface area contributed by atoms with Gasteiger partial charge in [0.1, 0.15) is 0 Å². The van der Waals surface area contributed by atoms with Crippen molar-refractivity contribution in [2.45, 2.75) is 44.8 Å². The third-order valence-corrected chi connectivity index (χ3v) is 3.35. The highest BCUT2D eigenvalue weighted by Gasteiger charge is 2.23. The van der Waals surface area contributed by atoms with Crippen LogP contribution in [0.4, 0.5) is 0 Å². The van der Waals surface area contributed by atoms with Crippen LogP contribution in [-0.2, 0) is 4.74 Å². The van der Waals surface area contributed by atoms with Gasteiger partial charge < -0.3 is 10.5 Å². The summed E-state index contributed by atoms with van der Waals surface area (Å²) < 4.78 is 5.62. The van der Waals surface area contributed by atoms with Gasteiger partial charge >= 0.3 is 0 Å². The van der Waals surface area contributed by atoms with Crippen molar-refractivity contribution < 1.29 is 4.74 Å². The van der Waals surface area contributed by atoms with Crippen LogP contribution in [0.1, 0.15) is 49.8 Å². The molecule has 0 bridgehead atoms. The van der Waals surface area contributed by atoms with Crippen LogP contribution in [-0.4, -0.2) is 12.7 Å². The lowest BCUT2D eigenvalue weighted by Gasteiger charge is -2.19. The number of benzene rings is 1. The molecule has 2 atom stereocenters. The Bertz CT molecular complexity index is 325. The molecule has 2 nitrogen and oxygen atoms in total. The number of rotatable bonds is 3. The third kappa shape index (κ3) is 2.45. The molecule has 88 valence electrons. The lowest BCUT2D eigenvalue weighted by Crippen LogP contribution is -2.25. The molecule has 2 rings (SSSR count). The minimum absolute atomic E-state index is 0.0312. The summed E-state index contributed by atoms with van der Waals surface area (Å²) in [4.78, 5) is 0. The van der Waals surface area contributed by atoms with Gasteiger partial charge in [-0.2, -0.15) is 0 Å². The van der Waals surface area contributed by atoms with E-state index in [-0.39, 0.29) is 12.1 Å². The van der Waals surface area contributed by atoms with Crippen LogP contribution in [0.25, 0.3) is 0 Å². The lowest BCUT2D eigenvalue weighted by atomic mass is 9.96. The van der Waals surface area contributed by atoms with Gasteiger partial charge in [0.25, 0.3) is 0 Å². The number of hydrogen-bond acceptors (Lipinski definition) is 2. The maximum atomic E-state index is 6.20. The van der Waals surface area contributed by atoms with Gasteiger partial charge in [-0.15, -0.1) is 0 Å². The second-order valence-electron chi connectivity index (χ2n) is 4.90. The molecule has 0 amide bonds. The van der Waals surface area contributed by atoms with Crippen LogP contribution >= 0.6 is 0 Å². The molecule has 1 heterocycles. The first kappa shape index (κ1) is 11.6. The van der Waals surface area contributed by atoms with Crippen LogP contribution in [0.3, 0.4) is 0 Å². The Morgan fingerprint density at radius 2 is 1.81 bits per heavy atom. The number of ether oxygens (including phenoxy) is 1. The summed E-state index contributed by atoms with van der Waals surface area (Å²) in [5.41, 5.74) is 8.76. The fourth-order valence-electron chi connectivity index (χ4n) is 2.20. The molecule has 0 radical (unpaired) electrons. The summed E-state index contributed by atoms with van der Waals surface area (Å²) in [6, 6.07) is 8.66. The number of nitrogens with two attached hydrogens (primary N) is 1. The molecule has 1 fully saturated rings. The van der Waals surface area contributed by atoms with Gasteiger partial charge in [0.2, 0.25) is 0 Å². The molecule has 1 aromatic carbocycles. The van der Waals surface area contributed by atoms with Gasteiger partial charge in [-0.05, 0) is 29.9 Å². The quantitative estimate of drug-likeness (QED) is 0.848. The van der Waals surface area contributed by atoms with E-state index >= 15 is 0 Å². The summed E-state index contributed by atoms with van der Waals surface area (Å²) >= 11 is 0. The Labute approximate surface area is 97.8 Å². The Morgan fingerprint density at radius 3 is 2.31 bits per heavy atom. The van der Waals surface area contributed by atoms with Crippen LogP contribution in [0.2, 0.25) is 0 Å². The average Bonchev–Trinajstić information content (AvgIpc) is 2.81. The zero-order chi connectivity index (χ0) is 11.5. The maximum absolute atomic E-state index is 6.20. The Morgan fingerprint density at radius 1 is 1.19 bits per heavy atom. The molecular weight excluding hydrogens is 198 g/mol. The first-order chi connectivity index (χ1) is 7.68. The van der Waals surface area contributed by atoms with Gasteiger partial charge in [0.15, 0.2) is 0 Å². The highest BCUT2D eigenvalue weighted by molar-refractivity contribution is 5.27. The topological polar surface area (TPSA) is 35.2 Å². The summed E-state index contributed by atoms with van der Waals surface area (Å²) in [7, 11) is 0. The van der Waals surface area contributed by atoms with E-state index in [4.69, 9.17) is 10.5 Å². The highest BCUT2D eigenvalue weighted by atomic mass is 16.5. The van der Waals surface area contributed by atoms with Crippen molar-refractivity contribution in [2.24, 2.45) is 5.73 Å². The first-order valence-electron chi connectivity index (χ1n) is 6.15. The second-order valence-corrected chi connectivity index (χ2v) is 4.90. The molecule has 0 aliphatic carbocycles. The zero-order valence-corrected chi connectivity index (χ0v) is 10.1. The van der Waals surface area contributed by atoms with E-state index in [0.717, 1.165) is 19.4 Å².